The minimum atomic E-state index is -0.851. The number of imidazole rings is 1. The molecule has 3 atom stereocenters. The van der Waals surface area contributed by atoms with E-state index in [1.165, 1.54) is 145 Å². The topological polar surface area (TPSA) is 318 Å². The van der Waals surface area contributed by atoms with Gasteiger partial charge in [-0.25, -0.2) is 4.79 Å². The van der Waals surface area contributed by atoms with E-state index in [-0.39, 0.29) is 48.5 Å². The third kappa shape index (κ3) is 40.0. The SMILES string of the molecule is CCCCCCCCCCCCCCCC(=O)OCC(CSC[C@H](N)C(=O)NCCCC[C@H](NC(=O)c1ccc(Cn2c(=O)[nH]c3c(N)nc(NCCCC)nc32)cc1)C(=O)NCCCNCCCCNCCCN)OC(=O)CCCCCCCCCCCCCCC. The van der Waals surface area contributed by atoms with Crippen molar-refractivity contribution in [1.82, 2.24) is 46.1 Å². The molecule has 0 aliphatic rings. The van der Waals surface area contributed by atoms with Crippen LogP contribution in [0.5, 0.6) is 0 Å². The molecule has 22 heteroatoms. The quantitative estimate of drug-likeness (QED) is 0.0185. The number of aromatic amines is 1. The monoisotopic (exact) mass is 1320 g/mol. The minimum Gasteiger partial charge on any atom is -0.462 e. The number of carbonyl (C=O) groups is 5. The van der Waals surface area contributed by atoms with E-state index in [4.69, 9.17) is 26.7 Å². The standard InChI is InChI=1S/C71H127N13O8S/c1-4-7-10-12-14-16-18-20-22-24-26-28-30-39-62(85)91-54-59(92-63(86)40-31-29-27-25-23-21-19-17-15-13-11-8-5-2)55-93-56-60(73)68(88)77-51-33-32-38-61(69(89)78-52-37-49-76-47-35-34-46-75-48-36-45-72)80-67(87)58-43-41-57(42-44-58)53-84-66-64(81-71(84)90)65(74)82-70(83-66)79-50-9-6-3/h41-44,59-61,75-76H,4-40,45-56,72-73H2,1-3H3,(H,77,88)(H,78,89)(H,80,87)(H,81,90)(H3,74,79,82,83)/t59?,60-,61-/m0/s1. The Bertz CT molecular complexity index is 2480. The van der Waals surface area contributed by atoms with Crippen LogP contribution in [0.1, 0.15) is 274 Å². The lowest BCUT2D eigenvalue weighted by atomic mass is 10.0. The molecule has 3 amide bonds. The Hall–Kier alpha value is -5.29. The van der Waals surface area contributed by atoms with Gasteiger partial charge in [0.1, 0.15) is 24.3 Å². The van der Waals surface area contributed by atoms with E-state index in [2.05, 4.69) is 67.6 Å². The number of anilines is 2. The number of nitrogens with zero attached hydrogens (tertiary/aromatic N) is 3. The zero-order valence-electron chi connectivity index (χ0n) is 57.9. The molecule has 3 aromatic rings. The largest absolute Gasteiger partial charge is 0.462 e. The highest BCUT2D eigenvalue weighted by Crippen LogP contribution is 2.20. The summed E-state index contributed by atoms with van der Waals surface area (Å²) in [4.78, 5) is 91.5. The molecule has 0 aliphatic carbocycles. The van der Waals surface area contributed by atoms with Crippen molar-refractivity contribution in [1.29, 1.82) is 0 Å². The first-order chi connectivity index (χ1) is 45.4. The van der Waals surface area contributed by atoms with Crippen molar-refractivity contribution in [3.63, 3.8) is 0 Å². The van der Waals surface area contributed by atoms with Crippen LogP contribution in [0.3, 0.4) is 0 Å². The fourth-order valence-electron chi connectivity index (χ4n) is 11.0. The number of thioether (sulfide) groups is 1. The molecular formula is C71H127N13O8S. The highest BCUT2D eigenvalue weighted by atomic mass is 32.2. The maximum atomic E-state index is 13.8. The number of rotatable bonds is 62. The zero-order valence-corrected chi connectivity index (χ0v) is 58.8. The van der Waals surface area contributed by atoms with Gasteiger partial charge in [0.05, 0.1) is 12.6 Å². The summed E-state index contributed by atoms with van der Waals surface area (Å²) in [6.45, 7) is 12.3. The number of nitrogen functional groups attached to an aromatic ring is 1. The van der Waals surface area contributed by atoms with Crippen LogP contribution in [0.15, 0.2) is 29.1 Å². The lowest BCUT2D eigenvalue weighted by Gasteiger charge is -2.20. The number of hydrogen-bond donors (Lipinski definition) is 10. The van der Waals surface area contributed by atoms with E-state index in [1.807, 2.05) is 0 Å². The second-order valence-corrected chi connectivity index (χ2v) is 26.4. The number of aromatic nitrogens is 4. The predicted octanol–water partition coefficient (Wildman–Crippen LogP) is 11.6. The van der Waals surface area contributed by atoms with Gasteiger partial charge in [-0.3, -0.25) is 28.5 Å². The summed E-state index contributed by atoms with van der Waals surface area (Å²) in [5.41, 5.74) is 19.6. The summed E-state index contributed by atoms with van der Waals surface area (Å²) in [5, 5.41) is 18.9. The van der Waals surface area contributed by atoms with Crippen LogP contribution in [0.2, 0.25) is 0 Å². The van der Waals surface area contributed by atoms with Crippen molar-refractivity contribution in [2.45, 2.75) is 283 Å². The Morgan fingerprint density at radius 3 is 1.65 bits per heavy atom. The Kier molecular flexibility index (Phi) is 48.4. The number of benzene rings is 1. The summed E-state index contributed by atoms with van der Waals surface area (Å²) in [5.74, 6) is -0.604. The van der Waals surface area contributed by atoms with Gasteiger partial charge in [-0.1, -0.05) is 193 Å². The number of unbranched alkanes of at least 4 members (excludes halogenated alkanes) is 27. The molecule has 0 spiro atoms. The highest BCUT2D eigenvalue weighted by molar-refractivity contribution is 7.99. The molecule has 0 saturated heterocycles. The number of ether oxygens (including phenoxy) is 2. The molecular weight excluding hydrogens is 1190 g/mol. The van der Waals surface area contributed by atoms with Crippen molar-refractivity contribution in [2.24, 2.45) is 11.5 Å². The number of nitrogens with two attached hydrogens (primary N) is 3. The van der Waals surface area contributed by atoms with Gasteiger partial charge in [-0.05, 0) is 115 Å². The maximum Gasteiger partial charge on any atom is 0.328 e. The smallest absolute Gasteiger partial charge is 0.328 e. The summed E-state index contributed by atoms with van der Waals surface area (Å²) in [7, 11) is 0. The molecule has 0 bridgehead atoms. The molecule has 0 saturated carbocycles. The van der Waals surface area contributed by atoms with Gasteiger partial charge in [0.15, 0.2) is 11.5 Å². The van der Waals surface area contributed by atoms with Crippen LogP contribution >= 0.6 is 11.8 Å². The van der Waals surface area contributed by atoms with Gasteiger partial charge >= 0.3 is 17.6 Å². The predicted molar refractivity (Wildman–Crippen MR) is 383 cm³/mol. The van der Waals surface area contributed by atoms with E-state index >= 15 is 0 Å². The highest BCUT2D eigenvalue weighted by Gasteiger charge is 2.23. The Balaban J connectivity index is 1.51. The fraction of sp³-hybridized carbons (Fsp3) is 0.775. The third-order valence-electron chi connectivity index (χ3n) is 16.8. The Morgan fingerprint density at radius 1 is 0.570 bits per heavy atom. The van der Waals surface area contributed by atoms with Gasteiger partial charge in [0, 0.05) is 49.5 Å². The first-order valence-corrected chi connectivity index (χ1v) is 37.8. The molecule has 0 aliphatic heterocycles. The average molecular weight is 1320 g/mol. The minimum absolute atomic E-state index is 0.0462. The molecule has 0 fully saturated rings. The number of fused-ring (bicyclic) bond motifs is 1. The average Bonchev–Trinajstić information content (AvgIpc) is 1.65. The number of amides is 3. The molecule has 3 rings (SSSR count). The van der Waals surface area contributed by atoms with Crippen molar-refractivity contribution in [3.8, 4) is 0 Å². The van der Waals surface area contributed by atoms with Crippen LogP contribution in [0.4, 0.5) is 11.8 Å². The number of hydrogen-bond acceptors (Lipinski definition) is 17. The lowest BCUT2D eigenvalue weighted by Crippen LogP contribution is -2.47. The van der Waals surface area contributed by atoms with E-state index in [9.17, 15) is 28.8 Å². The molecule has 1 aromatic carbocycles. The molecule has 13 N–H and O–H groups in total. The van der Waals surface area contributed by atoms with E-state index in [0.29, 0.717) is 93.1 Å². The van der Waals surface area contributed by atoms with Crippen molar-refractivity contribution in [2.75, 3.05) is 81.5 Å². The summed E-state index contributed by atoms with van der Waals surface area (Å²) in [6.07, 6.45) is 38.6. The van der Waals surface area contributed by atoms with Gasteiger partial charge in [-0.2, -0.15) is 21.7 Å². The zero-order chi connectivity index (χ0) is 67.2. The van der Waals surface area contributed by atoms with Crippen molar-refractivity contribution < 1.29 is 33.4 Å². The van der Waals surface area contributed by atoms with Crippen LogP contribution in [-0.4, -0.2) is 138 Å². The van der Waals surface area contributed by atoms with Crippen LogP contribution in [-0.2, 0) is 35.2 Å². The van der Waals surface area contributed by atoms with Crippen LogP contribution in [0.25, 0.3) is 11.2 Å². The number of H-pyrrole nitrogens is 1. The summed E-state index contributed by atoms with van der Waals surface area (Å²) < 4.78 is 13.1. The molecule has 530 valence electrons. The van der Waals surface area contributed by atoms with Crippen molar-refractivity contribution >= 4 is 64.4 Å². The molecule has 21 nitrogen and oxygen atoms in total. The van der Waals surface area contributed by atoms with Gasteiger partial charge < -0.3 is 63.6 Å². The second kappa shape index (κ2) is 54.9. The summed E-state index contributed by atoms with van der Waals surface area (Å²) in [6, 6.07) is 5.13. The maximum absolute atomic E-state index is 13.8. The van der Waals surface area contributed by atoms with E-state index in [0.717, 1.165) is 102 Å². The molecule has 1 unspecified atom stereocenters. The molecule has 2 heterocycles. The first-order valence-electron chi connectivity index (χ1n) is 36.7. The normalized spacial score (nSPS) is 12.4. The number of nitrogens with one attached hydrogen (secondary N) is 7. The lowest BCUT2D eigenvalue weighted by molar-refractivity contribution is -0.157. The second-order valence-electron chi connectivity index (χ2n) is 25.4. The molecule has 93 heavy (non-hydrogen) atoms. The number of carbonyl (C=O) groups excluding carboxylic acids is 5. The fourth-order valence-corrected chi connectivity index (χ4v) is 12.0. The summed E-state index contributed by atoms with van der Waals surface area (Å²) >= 11 is 1.38. The molecule has 0 radical (unpaired) electrons. The van der Waals surface area contributed by atoms with Gasteiger partial charge in [0.25, 0.3) is 5.91 Å². The molecule has 2 aromatic heterocycles. The van der Waals surface area contributed by atoms with Crippen LogP contribution in [0, 0.1) is 0 Å². The van der Waals surface area contributed by atoms with E-state index < -0.39 is 29.8 Å². The Morgan fingerprint density at radius 2 is 1.08 bits per heavy atom. The van der Waals surface area contributed by atoms with E-state index in [1.54, 1.807) is 24.3 Å². The third-order valence-corrected chi connectivity index (χ3v) is 18.0. The van der Waals surface area contributed by atoms with Crippen molar-refractivity contribution in [3.05, 3.63) is 45.9 Å². The number of esters is 2. The van der Waals surface area contributed by atoms with Gasteiger partial charge in [-0.15, -0.1) is 0 Å². The Labute approximate surface area is 563 Å². The van der Waals surface area contributed by atoms with Crippen LogP contribution < -0.4 is 54.8 Å². The first kappa shape index (κ1) is 81.9. The van der Waals surface area contributed by atoms with Gasteiger partial charge in [0.2, 0.25) is 17.8 Å².